The molecule has 0 unspecified atom stereocenters. The maximum atomic E-state index is 13.1. The molecule has 0 saturated carbocycles. The molecule has 0 fully saturated rings. The van der Waals surface area contributed by atoms with E-state index in [1.54, 1.807) is 4.90 Å². The molecule has 1 aromatic heterocycles. The van der Waals surface area contributed by atoms with Crippen LogP contribution in [0.1, 0.15) is 27.2 Å². The van der Waals surface area contributed by atoms with Gasteiger partial charge in [-0.3, -0.25) is 4.79 Å². The van der Waals surface area contributed by atoms with Gasteiger partial charge < -0.3 is 15.7 Å². The molecule has 0 aliphatic carbocycles. The lowest BCUT2D eigenvalue weighted by atomic mass is 10.1. The summed E-state index contributed by atoms with van der Waals surface area (Å²) in [5.41, 5.74) is 10.0. The van der Waals surface area contributed by atoms with Crippen molar-refractivity contribution < 1.29 is 9.90 Å². The quantitative estimate of drug-likeness (QED) is 0.763. The number of anilines is 1. The van der Waals surface area contributed by atoms with Crippen molar-refractivity contribution in [3.8, 4) is 0 Å². The van der Waals surface area contributed by atoms with E-state index in [0.717, 1.165) is 16.7 Å². The zero-order chi connectivity index (χ0) is 17.4. The number of fused-ring (bicyclic) bond motifs is 2. The number of rotatable bonds is 3. The Kier molecular flexibility index (Phi) is 3.82. The molecule has 1 aliphatic heterocycles. The lowest BCUT2D eigenvalue weighted by molar-refractivity contribution is 0.0747. The minimum atomic E-state index is -0.156. The first-order valence-electron chi connectivity index (χ1n) is 8.19. The maximum Gasteiger partial charge on any atom is 0.273 e. The van der Waals surface area contributed by atoms with E-state index in [2.05, 4.69) is 9.97 Å². The molecule has 6 nitrogen and oxygen atoms in total. The predicted molar refractivity (Wildman–Crippen MR) is 94.8 cm³/mol. The highest BCUT2D eigenvalue weighted by Crippen LogP contribution is 2.26. The highest BCUT2D eigenvalue weighted by molar-refractivity contribution is 6.05. The average molecular weight is 334 g/mol. The summed E-state index contributed by atoms with van der Waals surface area (Å²) in [5, 5.41) is 9.83. The van der Waals surface area contributed by atoms with Crippen molar-refractivity contribution in [3.63, 3.8) is 0 Å². The van der Waals surface area contributed by atoms with Crippen LogP contribution >= 0.6 is 0 Å². The second-order valence-electron chi connectivity index (χ2n) is 6.19. The average Bonchev–Trinajstić information content (AvgIpc) is 3.05. The van der Waals surface area contributed by atoms with E-state index in [-0.39, 0.29) is 18.5 Å². The Balaban J connectivity index is 1.75. The topological polar surface area (TPSA) is 92.3 Å². The first-order chi connectivity index (χ1) is 12.2. The van der Waals surface area contributed by atoms with Crippen LogP contribution < -0.4 is 5.73 Å². The first kappa shape index (κ1) is 15.5. The number of nitrogen functional groups attached to an aromatic ring is 1. The van der Waals surface area contributed by atoms with Crippen LogP contribution in [0.3, 0.4) is 0 Å². The van der Waals surface area contributed by atoms with Crippen molar-refractivity contribution in [1.29, 1.82) is 0 Å². The number of benzene rings is 2. The van der Waals surface area contributed by atoms with Gasteiger partial charge in [-0.15, -0.1) is 0 Å². The minimum Gasteiger partial charge on any atom is -0.396 e. The summed E-state index contributed by atoms with van der Waals surface area (Å²) in [4.78, 5) is 23.3. The number of carbonyl (C=O) groups excluding carboxylic acids is 1. The zero-order valence-corrected chi connectivity index (χ0v) is 13.6. The van der Waals surface area contributed by atoms with E-state index in [1.807, 2.05) is 42.5 Å². The minimum absolute atomic E-state index is 0.0477. The second kappa shape index (κ2) is 6.14. The summed E-state index contributed by atoms with van der Waals surface area (Å²) in [7, 11) is 0. The van der Waals surface area contributed by atoms with Gasteiger partial charge in [-0.05, 0) is 35.2 Å². The Morgan fingerprint density at radius 3 is 2.52 bits per heavy atom. The van der Waals surface area contributed by atoms with Gasteiger partial charge in [0.2, 0.25) is 5.95 Å². The summed E-state index contributed by atoms with van der Waals surface area (Å²) >= 11 is 0. The summed E-state index contributed by atoms with van der Waals surface area (Å²) in [6, 6.07) is 13.6. The van der Waals surface area contributed by atoms with Crippen molar-refractivity contribution in [1.82, 2.24) is 14.9 Å². The molecular weight excluding hydrogens is 316 g/mol. The third-order valence-electron chi connectivity index (χ3n) is 4.51. The Labute approximate surface area is 144 Å². The number of nitrogens with two attached hydrogens (primary N) is 1. The normalized spacial score (nSPS) is 13.2. The van der Waals surface area contributed by atoms with Gasteiger partial charge in [0, 0.05) is 25.1 Å². The molecule has 126 valence electrons. The van der Waals surface area contributed by atoms with Crippen molar-refractivity contribution in [2.45, 2.75) is 19.5 Å². The molecule has 1 aliphatic rings. The second-order valence-corrected chi connectivity index (χ2v) is 6.19. The summed E-state index contributed by atoms with van der Waals surface area (Å²) in [6.07, 6.45) is 0.517. The predicted octanol–water partition coefficient (Wildman–Crippen LogP) is 1.90. The summed E-state index contributed by atoms with van der Waals surface area (Å²) in [5.74, 6) is -0.0704. The fourth-order valence-corrected chi connectivity index (χ4v) is 3.27. The highest BCUT2D eigenvalue weighted by Gasteiger charge is 2.26. The van der Waals surface area contributed by atoms with E-state index in [1.165, 1.54) is 0 Å². The van der Waals surface area contributed by atoms with Gasteiger partial charge in [-0.2, -0.15) is 0 Å². The molecule has 0 bridgehead atoms. The van der Waals surface area contributed by atoms with Gasteiger partial charge in [0.1, 0.15) is 5.69 Å². The fraction of sp³-hybridized carbons (Fsp3) is 0.211. The zero-order valence-electron chi connectivity index (χ0n) is 13.6. The summed E-state index contributed by atoms with van der Waals surface area (Å²) in [6.45, 7) is 1.18. The molecule has 2 heterocycles. The highest BCUT2D eigenvalue weighted by atomic mass is 16.3. The smallest absolute Gasteiger partial charge is 0.273 e. The first-order valence-corrected chi connectivity index (χ1v) is 8.19. The Bertz CT molecular complexity index is 946. The molecule has 0 spiro atoms. The monoisotopic (exact) mass is 334 g/mol. The van der Waals surface area contributed by atoms with Crippen molar-refractivity contribution in [3.05, 3.63) is 64.8 Å². The summed E-state index contributed by atoms with van der Waals surface area (Å²) < 4.78 is 0. The lowest BCUT2D eigenvalue weighted by Crippen LogP contribution is -2.27. The largest absolute Gasteiger partial charge is 0.396 e. The van der Waals surface area contributed by atoms with Crippen LogP contribution in [-0.2, 0) is 19.5 Å². The molecule has 0 atom stereocenters. The van der Waals surface area contributed by atoms with Crippen LogP contribution in [0.15, 0.2) is 42.5 Å². The van der Waals surface area contributed by atoms with E-state index in [4.69, 9.17) is 10.8 Å². The van der Waals surface area contributed by atoms with Gasteiger partial charge in [0.05, 0.1) is 5.52 Å². The Hall–Kier alpha value is -2.99. The van der Waals surface area contributed by atoms with Crippen LogP contribution in [0.2, 0.25) is 0 Å². The number of hydrogen-bond donors (Lipinski definition) is 2. The molecular formula is C19H18N4O2. The van der Waals surface area contributed by atoms with Gasteiger partial charge in [-0.25, -0.2) is 9.97 Å². The van der Waals surface area contributed by atoms with Gasteiger partial charge in [0.25, 0.3) is 5.91 Å². The fourth-order valence-electron chi connectivity index (χ4n) is 3.27. The molecule has 3 aromatic rings. The third-order valence-corrected chi connectivity index (χ3v) is 4.51. The lowest BCUT2D eigenvalue weighted by Gasteiger charge is -2.16. The van der Waals surface area contributed by atoms with Crippen LogP contribution in [0.4, 0.5) is 5.95 Å². The molecule has 6 heteroatoms. The number of nitrogens with zero attached hydrogens (tertiary/aromatic N) is 3. The molecule has 2 aromatic carbocycles. The molecule has 0 radical (unpaired) electrons. The SMILES string of the molecule is Nc1nc(C(=O)N2Cc3ccccc3C2)c2cc(CCO)ccc2n1. The van der Waals surface area contributed by atoms with Crippen LogP contribution in [0.5, 0.6) is 0 Å². The van der Waals surface area contributed by atoms with E-state index < -0.39 is 0 Å². The van der Waals surface area contributed by atoms with Crippen molar-refractivity contribution in [2.24, 2.45) is 0 Å². The van der Waals surface area contributed by atoms with Crippen LogP contribution in [0.25, 0.3) is 10.9 Å². The molecule has 1 amide bonds. The molecule has 4 rings (SSSR count). The number of aromatic nitrogens is 2. The molecule has 3 N–H and O–H groups in total. The van der Waals surface area contributed by atoms with Gasteiger partial charge in [0.15, 0.2) is 0 Å². The van der Waals surface area contributed by atoms with Crippen molar-refractivity contribution >= 4 is 22.8 Å². The van der Waals surface area contributed by atoms with Crippen LogP contribution in [0, 0.1) is 0 Å². The number of hydrogen-bond acceptors (Lipinski definition) is 5. The number of carbonyl (C=O) groups is 1. The van der Waals surface area contributed by atoms with Crippen LogP contribution in [-0.4, -0.2) is 32.5 Å². The number of amides is 1. The maximum absolute atomic E-state index is 13.1. The number of aliphatic hydroxyl groups is 1. The van der Waals surface area contributed by atoms with E-state index in [9.17, 15) is 4.79 Å². The van der Waals surface area contributed by atoms with Gasteiger partial charge >= 0.3 is 0 Å². The van der Waals surface area contributed by atoms with E-state index in [0.29, 0.717) is 36.1 Å². The standard InChI is InChI=1S/C19H18N4O2/c20-19-21-16-6-5-12(7-8-24)9-15(16)17(22-19)18(25)23-10-13-3-1-2-4-14(13)11-23/h1-6,9,24H,7-8,10-11H2,(H2,20,21,22). The molecule has 0 saturated heterocycles. The van der Waals surface area contributed by atoms with Gasteiger partial charge in [-0.1, -0.05) is 30.3 Å². The Morgan fingerprint density at radius 1 is 1.12 bits per heavy atom. The van der Waals surface area contributed by atoms with Crippen molar-refractivity contribution in [2.75, 3.05) is 12.3 Å². The third kappa shape index (κ3) is 2.81. The number of aliphatic hydroxyl groups excluding tert-OH is 1. The molecule has 25 heavy (non-hydrogen) atoms. The van der Waals surface area contributed by atoms with E-state index >= 15 is 0 Å². The Morgan fingerprint density at radius 2 is 1.84 bits per heavy atom.